The van der Waals surface area contributed by atoms with Crippen LogP contribution in [0.1, 0.15) is 37.8 Å². The fourth-order valence-electron chi connectivity index (χ4n) is 4.35. The summed E-state index contributed by atoms with van der Waals surface area (Å²) in [6.07, 6.45) is 5.66. The quantitative estimate of drug-likeness (QED) is 0.683. The molecule has 1 aliphatic carbocycles. The fraction of sp³-hybridized carbons (Fsp3) is 0.636. The van der Waals surface area contributed by atoms with Crippen LogP contribution in [0, 0.1) is 5.92 Å². The van der Waals surface area contributed by atoms with Crippen LogP contribution in [-0.4, -0.2) is 78.4 Å². The van der Waals surface area contributed by atoms with E-state index in [0.717, 1.165) is 18.5 Å². The van der Waals surface area contributed by atoms with Gasteiger partial charge in [-0.05, 0) is 37.8 Å². The van der Waals surface area contributed by atoms with E-state index in [1.807, 2.05) is 25.2 Å². The highest BCUT2D eigenvalue weighted by Crippen LogP contribution is 2.28. The van der Waals surface area contributed by atoms with Crippen LogP contribution in [-0.2, 0) is 25.5 Å². The van der Waals surface area contributed by atoms with Crippen molar-refractivity contribution >= 4 is 17.7 Å². The van der Waals surface area contributed by atoms with E-state index in [9.17, 15) is 14.4 Å². The number of nitrogens with zero attached hydrogens (tertiary/aromatic N) is 3. The number of rotatable bonds is 8. The number of hydrogen-bond acceptors (Lipinski definition) is 5. The minimum Gasteiger partial charge on any atom is -0.379 e. The second kappa shape index (κ2) is 10.5. The molecule has 0 radical (unpaired) electrons. The molecule has 1 saturated carbocycles. The zero-order chi connectivity index (χ0) is 21.5. The Bertz CT molecular complexity index is 742. The molecule has 3 amide bonds. The number of carbonyl (C=O) groups excluding carboxylic acids is 3. The molecule has 1 aromatic rings. The Morgan fingerprint density at radius 2 is 2.17 bits per heavy atom. The van der Waals surface area contributed by atoms with Crippen molar-refractivity contribution in [2.24, 2.45) is 5.92 Å². The van der Waals surface area contributed by atoms with E-state index >= 15 is 0 Å². The van der Waals surface area contributed by atoms with Gasteiger partial charge in [0.05, 0.1) is 18.7 Å². The van der Waals surface area contributed by atoms with Crippen LogP contribution >= 0.6 is 0 Å². The summed E-state index contributed by atoms with van der Waals surface area (Å²) in [5.41, 5.74) is 0.960. The molecule has 1 aliphatic heterocycles. The number of methoxy groups -OCH3 is 1. The molecule has 1 saturated heterocycles. The van der Waals surface area contributed by atoms with Crippen molar-refractivity contribution < 1.29 is 19.1 Å². The Balaban J connectivity index is 1.52. The maximum absolute atomic E-state index is 13.0. The number of aromatic nitrogens is 1. The molecule has 3 rings (SSSR count). The van der Waals surface area contributed by atoms with Crippen LogP contribution in [0.25, 0.3) is 0 Å². The summed E-state index contributed by atoms with van der Waals surface area (Å²) >= 11 is 0. The van der Waals surface area contributed by atoms with E-state index in [1.54, 1.807) is 23.1 Å². The summed E-state index contributed by atoms with van der Waals surface area (Å²) in [6.45, 7) is 1.31. The molecule has 0 aromatic carbocycles. The third kappa shape index (κ3) is 5.78. The molecule has 2 heterocycles. The van der Waals surface area contributed by atoms with E-state index in [2.05, 4.69) is 10.3 Å². The number of amides is 3. The van der Waals surface area contributed by atoms with E-state index in [-0.39, 0.29) is 42.3 Å². The van der Waals surface area contributed by atoms with Gasteiger partial charge < -0.3 is 19.9 Å². The maximum Gasteiger partial charge on any atom is 0.239 e. The van der Waals surface area contributed by atoms with Crippen molar-refractivity contribution in [3.63, 3.8) is 0 Å². The zero-order valence-corrected chi connectivity index (χ0v) is 17.9. The highest BCUT2D eigenvalue weighted by atomic mass is 16.5. The molecule has 1 aromatic heterocycles. The lowest BCUT2D eigenvalue weighted by Crippen LogP contribution is -2.52. The first kappa shape index (κ1) is 22.2. The van der Waals surface area contributed by atoms with Crippen molar-refractivity contribution in [1.82, 2.24) is 20.1 Å². The van der Waals surface area contributed by atoms with Gasteiger partial charge in [-0.2, -0.15) is 0 Å². The predicted molar refractivity (Wildman–Crippen MR) is 111 cm³/mol. The second-order valence-corrected chi connectivity index (χ2v) is 8.21. The van der Waals surface area contributed by atoms with Crippen molar-refractivity contribution in [2.45, 2.75) is 50.7 Å². The molecule has 3 atom stereocenters. The molecule has 2 fully saturated rings. The average molecular weight is 417 g/mol. The van der Waals surface area contributed by atoms with Crippen molar-refractivity contribution in [1.29, 1.82) is 0 Å². The van der Waals surface area contributed by atoms with Gasteiger partial charge in [0.1, 0.15) is 0 Å². The van der Waals surface area contributed by atoms with Gasteiger partial charge in [-0.25, -0.2) is 0 Å². The normalized spacial score (nSPS) is 24.0. The number of likely N-dealkylation sites (N-methyl/N-ethyl adjacent to an activating group) is 1. The monoisotopic (exact) mass is 416 g/mol. The second-order valence-electron chi connectivity index (χ2n) is 8.21. The SMILES string of the molecule is CO[C@@H]1CC[C@H](C(=O)N(C)CCc2ccccn2)C[C@H]1NC(=O)CN1CCCC1=O. The van der Waals surface area contributed by atoms with Gasteiger partial charge >= 0.3 is 0 Å². The van der Waals surface area contributed by atoms with Gasteiger partial charge in [0.25, 0.3) is 0 Å². The minimum absolute atomic E-state index is 0.0275. The molecule has 0 bridgehead atoms. The zero-order valence-electron chi connectivity index (χ0n) is 17.9. The summed E-state index contributed by atoms with van der Waals surface area (Å²) < 4.78 is 5.56. The van der Waals surface area contributed by atoms with Crippen molar-refractivity contribution in [2.75, 3.05) is 33.8 Å². The lowest BCUT2D eigenvalue weighted by atomic mass is 9.82. The molecule has 0 unspecified atom stereocenters. The molecule has 2 aliphatic rings. The molecular formula is C22H32N4O4. The first-order valence-corrected chi connectivity index (χ1v) is 10.7. The van der Waals surface area contributed by atoms with Gasteiger partial charge in [0.15, 0.2) is 0 Å². The molecule has 0 spiro atoms. The topological polar surface area (TPSA) is 91.8 Å². The van der Waals surface area contributed by atoms with Crippen LogP contribution in [0.5, 0.6) is 0 Å². The average Bonchev–Trinajstić information content (AvgIpc) is 3.16. The number of carbonyl (C=O) groups is 3. The summed E-state index contributed by atoms with van der Waals surface area (Å²) in [5.74, 6) is -0.216. The lowest BCUT2D eigenvalue weighted by Gasteiger charge is -2.36. The molecule has 8 nitrogen and oxygen atoms in total. The van der Waals surface area contributed by atoms with Crippen molar-refractivity contribution in [3.05, 3.63) is 30.1 Å². The molecular weight excluding hydrogens is 384 g/mol. The van der Waals surface area contributed by atoms with E-state index in [4.69, 9.17) is 4.74 Å². The smallest absolute Gasteiger partial charge is 0.239 e. The van der Waals surface area contributed by atoms with Gasteiger partial charge in [-0.1, -0.05) is 6.07 Å². The Morgan fingerprint density at radius 1 is 1.33 bits per heavy atom. The Morgan fingerprint density at radius 3 is 2.83 bits per heavy atom. The number of pyridine rings is 1. The van der Waals surface area contributed by atoms with Crippen LogP contribution in [0.2, 0.25) is 0 Å². The standard InChI is InChI=1S/C22H32N4O4/c1-25(13-10-17-6-3-4-11-23-17)22(29)16-8-9-19(30-2)18(14-16)24-20(27)15-26-12-5-7-21(26)28/h3-4,6,11,16,18-19H,5,7-10,12-15H2,1-2H3,(H,24,27)/t16-,18+,19+/m0/s1. The number of nitrogens with one attached hydrogen (secondary N) is 1. The first-order chi connectivity index (χ1) is 14.5. The summed E-state index contributed by atoms with van der Waals surface area (Å²) in [5, 5.41) is 3.01. The summed E-state index contributed by atoms with van der Waals surface area (Å²) in [4.78, 5) is 44.9. The number of hydrogen-bond donors (Lipinski definition) is 1. The van der Waals surface area contributed by atoms with Crippen LogP contribution in [0.3, 0.4) is 0 Å². The van der Waals surface area contributed by atoms with Crippen LogP contribution in [0.4, 0.5) is 0 Å². The fourth-order valence-corrected chi connectivity index (χ4v) is 4.35. The van der Waals surface area contributed by atoms with E-state index in [0.29, 0.717) is 38.8 Å². The number of likely N-dealkylation sites (tertiary alicyclic amines) is 1. The largest absolute Gasteiger partial charge is 0.379 e. The molecule has 30 heavy (non-hydrogen) atoms. The highest BCUT2D eigenvalue weighted by molar-refractivity contribution is 5.86. The van der Waals surface area contributed by atoms with Crippen LogP contribution in [0.15, 0.2) is 24.4 Å². The summed E-state index contributed by atoms with van der Waals surface area (Å²) in [6, 6.07) is 5.55. The van der Waals surface area contributed by atoms with E-state index < -0.39 is 0 Å². The maximum atomic E-state index is 13.0. The Hall–Kier alpha value is -2.48. The van der Waals surface area contributed by atoms with Crippen LogP contribution < -0.4 is 5.32 Å². The van der Waals surface area contributed by atoms with Crippen molar-refractivity contribution in [3.8, 4) is 0 Å². The Kier molecular flexibility index (Phi) is 7.79. The molecule has 1 N–H and O–H groups in total. The third-order valence-corrected chi connectivity index (χ3v) is 6.10. The molecule has 8 heteroatoms. The minimum atomic E-state index is -0.230. The van der Waals surface area contributed by atoms with E-state index in [1.165, 1.54) is 0 Å². The molecule has 164 valence electrons. The first-order valence-electron chi connectivity index (χ1n) is 10.7. The predicted octanol–water partition coefficient (Wildman–Crippen LogP) is 1.00. The third-order valence-electron chi connectivity index (χ3n) is 6.10. The summed E-state index contributed by atoms with van der Waals surface area (Å²) in [7, 11) is 3.45. The van der Waals surface area contributed by atoms with Gasteiger partial charge in [0, 0.05) is 57.9 Å². The van der Waals surface area contributed by atoms with Gasteiger partial charge in [-0.15, -0.1) is 0 Å². The number of ether oxygens (including phenoxy) is 1. The Labute approximate surface area is 178 Å². The lowest BCUT2D eigenvalue weighted by molar-refractivity contribution is -0.138. The van der Waals surface area contributed by atoms with Gasteiger partial charge in [-0.3, -0.25) is 19.4 Å². The highest BCUT2D eigenvalue weighted by Gasteiger charge is 2.36. The van der Waals surface area contributed by atoms with Gasteiger partial charge in [0.2, 0.25) is 17.7 Å².